The quantitative estimate of drug-likeness (QED) is 0.642. The summed E-state index contributed by atoms with van der Waals surface area (Å²) >= 11 is 12.0. The van der Waals surface area contributed by atoms with E-state index in [1.165, 1.54) is 0 Å². The average molecular weight is 341 g/mol. The van der Waals surface area contributed by atoms with Crippen molar-refractivity contribution in [3.8, 4) is 5.75 Å². The van der Waals surface area contributed by atoms with Crippen LogP contribution >= 0.6 is 23.2 Å². The molecule has 0 aromatic heterocycles. The van der Waals surface area contributed by atoms with Crippen LogP contribution in [0.3, 0.4) is 0 Å². The second-order valence-electron chi connectivity index (χ2n) is 4.16. The Labute approximate surface area is 135 Å². The van der Waals surface area contributed by atoms with Gasteiger partial charge in [0.1, 0.15) is 5.75 Å². The summed E-state index contributed by atoms with van der Waals surface area (Å²) in [5.41, 5.74) is 5.88. The van der Waals surface area contributed by atoms with Crippen molar-refractivity contribution in [2.75, 3.05) is 13.2 Å². The van der Waals surface area contributed by atoms with Crippen molar-refractivity contribution in [2.24, 2.45) is 5.73 Å². The minimum atomic E-state index is -0.545. The maximum absolute atomic E-state index is 10.8. The number of nitrogens with one attached hydrogen (secondary N) is 1. The molecule has 0 spiro atoms. The summed E-state index contributed by atoms with van der Waals surface area (Å²) in [4.78, 5) is 10.8. The predicted octanol–water partition coefficient (Wildman–Crippen LogP) is -0.249. The molecule has 0 saturated heterocycles. The lowest BCUT2D eigenvalue weighted by Gasteiger charge is -2.13. The van der Waals surface area contributed by atoms with E-state index in [0.717, 1.165) is 24.9 Å². The van der Waals surface area contributed by atoms with Crippen LogP contribution < -0.4 is 28.2 Å². The number of halogens is 3. The molecule has 0 bridgehead atoms. The largest absolute Gasteiger partial charge is 1.00 e. The van der Waals surface area contributed by atoms with Gasteiger partial charge in [-0.2, -0.15) is 0 Å². The number of rotatable bonds is 8. The average Bonchev–Trinajstić information content (AvgIpc) is 2.33. The molecule has 1 aromatic carbocycles. The van der Waals surface area contributed by atoms with Crippen molar-refractivity contribution in [3.05, 3.63) is 27.7 Å². The van der Waals surface area contributed by atoms with E-state index in [2.05, 4.69) is 12.2 Å². The van der Waals surface area contributed by atoms with Crippen LogP contribution in [0.2, 0.25) is 10.0 Å². The van der Waals surface area contributed by atoms with Crippen molar-refractivity contribution in [3.63, 3.8) is 0 Å². The number of amides is 1. The van der Waals surface area contributed by atoms with E-state index in [1.54, 1.807) is 12.1 Å². The SMILES string of the molecule is CCCCNCc1cc(Cl)cc(Cl)c1OCC(N)=O.[Cl-]. The molecular formula is C13H18Cl3N2O2-. The molecule has 0 unspecified atom stereocenters. The lowest BCUT2D eigenvalue weighted by Crippen LogP contribution is -3.00. The number of nitrogens with two attached hydrogens (primary N) is 1. The minimum Gasteiger partial charge on any atom is -1.00 e. The fraction of sp³-hybridized carbons (Fsp3) is 0.462. The first-order valence-corrected chi connectivity index (χ1v) is 6.90. The van der Waals surface area contributed by atoms with Crippen LogP contribution in [-0.2, 0) is 11.3 Å². The Morgan fingerprint density at radius 3 is 2.70 bits per heavy atom. The van der Waals surface area contributed by atoms with Crippen molar-refractivity contribution >= 4 is 29.1 Å². The van der Waals surface area contributed by atoms with E-state index < -0.39 is 5.91 Å². The minimum absolute atomic E-state index is 0. The van der Waals surface area contributed by atoms with Crippen LogP contribution in [0.15, 0.2) is 12.1 Å². The maximum Gasteiger partial charge on any atom is 0.255 e. The molecule has 0 radical (unpaired) electrons. The van der Waals surface area contributed by atoms with Crippen molar-refractivity contribution in [1.29, 1.82) is 0 Å². The van der Waals surface area contributed by atoms with Gasteiger partial charge in [0.2, 0.25) is 0 Å². The van der Waals surface area contributed by atoms with Crippen LogP contribution in [0.25, 0.3) is 0 Å². The Bertz CT molecular complexity index is 442. The zero-order valence-corrected chi connectivity index (χ0v) is 13.5. The number of primary amides is 1. The van der Waals surface area contributed by atoms with Gasteiger partial charge in [-0.25, -0.2) is 0 Å². The zero-order valence-electron chi connectivity index (χ0n) is 11.2. The molecule has 114 valence electrons. The van der Waals surface area contributed by atoms with Gasteiger partial charge >= 0.3 is 0 Å². The third-order valence-electron chi connectivity index (χ3n) is 2.47. The van der Waals surface area contributed by atoms with Gasteiger partial charge in [0.05, 0.1) is 5.02 Å². The van der Waals surface area contributed by atoms with Crippen LogP contribution in [0.1, 0.15) is 25.3 Å². The topological polar surface area (TPSA) is 64.3 Å². The third-order valence-corrected chi connectivity index (χ3v) is 2.97. The fourth-order valence-corrected chi connectivity index (χ4v) is 2.16. The van der Waals surface area contributed by atoms with Crippen LogP contribution in [0.5, 0.6) is 5.75 Å². The summed E-state index contributed by atoms with van der Waals surface area (Å²) in [6.45, 7) is 3.40. The molecule has 0 heterocycles. The van der Waals surface area contributed by atoms with E-state index in [0.29, 0.717) is 22.3 Å². The first kappa shape index (κ1) is 19.3. The number of benzene rings is 1. The second-order valence-corrected chi connectivity index (χ2v) is 5.00. The van der Waals surface area contributed by atoms with Crippen LogP contribution in [0.4, 0.5) is 0 Å². The monoisotopic (exact) mass is 339 g/mol. The van der Waals surface area contributed by atoms with Crippen molar-refractivity contribution < 1.29 is 21.9 Å². The summed E-state index contributed by atoms with van der Waals surface area (Å²) in [6, 6.07) is 3.34. The number of carbonyl (C=O) groups excluding carboxylic acids is 1. The molecule has 0 saturated carbocycles. The molecule has 20 heavy (non-hydrogen) atoms. The number of unbranched alkanes of at least 4 members (excludes halogenated alkanes) is 1. The third kappa shape index (κ3) is 6.66. The lowest BCUT2D eigenvalue weighted by molar-refractivity contribution is -0.119. The molecule has 1 aromatic rings. The Kier molecular flexibility index (Phi) is 9.76. The molecule has 0 aliphatic heterocycles. The van der Waals surface area contributed by atoms with Gasteiger partial charge in [-0.1, -0.05) is 36.5 Å². The Morgan fingerprint density at radius 1 is 1.40 bits per heavy atom. The fourth-order valence-electron chi connectivity index (χ4n) is 1.57. The predicted molar refractivity (Wildman–Crippen MR) is 77.8 cm³/mol. The molecule has 1 rings (SSSR count). The molecule has 0 fully saturated rings. The summed E-state index contributed by atoms with van der Waals surface area (Å²) in [6.07, 6.45) is 2.21. The van der Waals surface area contributed by atoms with E-state index in [1.807, 2.05) is 0 Å². The second kappa shape index (κ2) is 10.1. The number of ether oxygens (including phenoxy) is 1. The zero-order chi connectivity index (χ0) is 14.3. The summed E-state index contributed by atoms with van der Waals surface area (Å²) < 4.78 is 5.34. The summed E-state index contributed by atoms with van der Waals surface area (Å²) in [5.74, 6) is -0.0928. The maximum atomic E-state index is 10.8. The lowest BCUT2D eigenvalue weighted by atomic mass is 10.2. The standard InChI is InChI=1S/C13H18Cl2N2O2.ClH/c1-2-3-4-17-7-9-5-10(14)6-11(15)13(9)19-8-12(16)18;/h5-6,17H,2-4,7-8H2,1H3,(H2,16,18);1H/p-1. The first-order chi connectivity index (χ1) is 9.04. The Morgan fingerprint density at radius 2 is 2.10 bits per heavy atom. The van der Waals surface area contributed by atoms with E-state index in [-0.39, 0.29) is 19.0 Å². The van der Waals surface area contributed by atoms with Gasteiger partial charge in [-0.05, 0) is 25.1 Å². The number of hydrogen-bond acceptors (Lipinski definition) is 3. The highest BCUT2D eigenvalue weighted by atomic mass is 35.5. The van der Waals surface area contributed by atoms with E-state index in [4.69, 9.17) is 33.7 Å². The molecule has 4 nitrogen and oxygen atoms in total. The van der Waals surface area contributed by atoms with Gasteiger partial charge in [0, 0.05) is 17.1 Å². The highest BCUT2D eigenvalue weighted by molar-refractivity contribution is 6.35. The van der Waals surface area contributed by atoms with E-state index in [9.17, 15) is 4.79 Å². The Hall–Kier alpha value is -0.680. The first-order valence-electron chi connectivity index (χ1n) is 6.14. The number of hydrogen-bond donors (Lipinski definition) is 2. The Balaban J connectivity index is 0.00000361. The van der Waals surface area contributed by atoms with Gasteiger partial charge in [0.15, 0.2) is 6.61 Å². The highest BCUT2D eigenvalue weighted by Crippen LogP contribution is 2.32. The van der Waals surface area contributed by atoms with E-state index >= 15 is 0 Å². The molecular weight excluding hydrogens is 323 g/mol. The molecule has 0 atom stereocenters. The molecule has 3 N–H and O–H groups in total. The van der Waals surface area contributed by atoms with Crippen LogP contribution in [0, 0.1) is 0 Å². The summed E-state index contributed by atoms with van der Waals surface area (Å²) in [7, 11) is 0. The molecule has 1 amide bonds. The molecule has 0 aliphatic rings. The molecule has 0 aliphatic carbocycles. The van der Waals surface area contributed by atoms with Crippen LogP contribution in [-0.4, -0.2) is 19.1 Å². The normalized spacial score (nSPS) is 9.95. The van der Waals surface area contributed by atoms with Crippen molar-refractivity contribution in [1.82, 2.24) is 5.32 Å². The summed E-state index contributed by atoms with van der Waals surface area (Å²) in [5, 5.41) is 4.18. The van der Waals surface area contributed by atoms with Gasteiger partial charge in [-0.3, -0.25) is 4.79 Å². The van der Waals surface area contributed by atoms with Gasteiger partial charge in [0.25, 0.3) is 5.91 Å². The smallest absolute Gasteiger partial charge is 0.255 e. The van der Waals surface area contributed by atoms with Gasteiger partial charge < -0.3 is 28.2 Å². The van der Waals surface area contributed by atoms with Gasteiger partial charge in [-0.15, -0.1) is 0 Å². The number of carbonyl (C=O) groups is 1. The van der Waals surface area contributed by atoms with Crippen molar-refractivity contribution in [2.45, 2.75) is 26.3 Å². The highest BCUT2D eigenvalue weighted by Gasteiger charge is 2.11. The molecule has 7 heteroatoms.